The van der Waals surface area contributed by atoms with Crippen LogP contribution in [0.5, 0.6) is 0 Å². The van der Waals surface area contributed by atoms with E-state index in [1.54, 1.807) is 17.5 Å². The molecule has 0 N–H and O–H groups in total. The largest absolute Gasteiger partial charge is 0.236 e. The average Bonchev–Trinajstić information content (AvgIpc) is 2.63. The van der Waals surface area contributed by atoms with Crippen molar-refractivity contribution in [3.63, 3.8) is 0 Å². The smallest absolute Gasteiger partial charge is 0.166 e. The maximum absolute atomic E-state index is 4.10. The Hall–Kier alpha value is -0.810. The Bertz CT molecular complexity index is 266. The average molecular weight is 193 g/mol. The molecule has 1 rings (SSSR count). The number of hydrogen-bond donors (Lipinski definition) is 0. The van der Waals surface area contributed by atoms with Crippen LogP contribution in [0.2, 0.25) is 0 Å². The molecule has 0 unspecified atom stereocenters. The molecule has 0 radical (unpaired) electrons. The molecule has 0 bridgehead atoms. The van der Waals surface area contributed by atoms with Gasteiger partial charge in [-0.25, -0.2) is 4.98 Å². The van der Waals surface area contributed by atoms with Crippen LogP contribution in [0.15, 0.2) is 11.6 Å². The highest BCUT2D eigenvalue weighted by atomic mass is 32.1. The molecule has 0 aromatic carbocycles. The van der Waals surface area contributed by atoms with Crippen molar-refractivity contribution in [1.82, 2.24) is 4.98 Å². The van der Waals surface area contributed by atoms with E-state index in [0.717, 1.165) is 11.4 Å². The number of aromatic nitrogens is 1. The lowest BCUT2D eigenvalue weighted by atomic mass is 10.2. The van der Waals surface area contributed by atoms with Gasteiger partial charge in [-0.3, -0.25) is 0 Å². The summed E-state index contributed by atoms with van der Waals surface area (Å²) in [6.07, 6.45) is 7.97. The molecular weight excluding hydrogens is 178 g/mol. The van der Waals surface area contributed by atoms with Gasteiger partial charge < -0.3 is 0 Å². The molecule has 0 saturated carbocycles. The molecule has 70 valence electrons. The van der Waals surface area contributed by atoms with Gasteiger partial charge in [0, 0.05) is 18.0 Å². The van der Waals surface area contributed by atoms with Crippen LogP contribution in [0.4, 0.5) is 0 Å². The van der Waals surface area contributed by atoms with Crippen molar-refractivity contribution in [2.24, 2.45) is 0 Å². The first-order chi connectivity index (χ1) is 6.43. The van der Waals surface area contributed by atoms with Crippen LogP contribution < -0.4 is 0 Å². The van der Waals surface area contributed by atoms with Gasteiger partial charge in [0.25, 0.3) is 0 Å². The lowest BCUT2D eigenvalue weighted by Gasteiger charge is -1.91. The summed E-state index contributed by atoms with van der Waals surface area (Å²) < 4.78 is 0. The van der Waals surface area contributed by atoms with Gasteiger partial charge in [0.1, 0.15) is 0 Å². The lowest BCUT2D eigenvalue weighted by Crippen LogP contribution is -1.74. The summed E-state index contributed by atoms with van der Waals surface area (Å²) in [6.45, 7) is 2.22. The Balaban J connectivity index is 2.11. The summed E-state index contributed by atoms with van der Waals surface area (Å²) in [6, 6.07) is 0. The molecule has 0 spiro atoms. The first-order valence-corrected chi connectivity index (χ1v) is 5.70. The summed E-state index contributed by atoms with van der Waals surface area (Å²) in [5.74, 6) is 6.20. The standard InChI is InChI=1S/C11H15NS/c1-2-3-4-5-6-7-8-11-12-9-10-13-11/h9-10H,2-6H2,1H3. The van der Waals surface area contributed by atoms with E-state index in [1.807, 2.05) is 5.38 Å². The van der Waals surface area contributed by atoms with Gasteiger partial charge in [-0.1, -0.05) is 32.1 Å². The van der Waals surface area contributed by atoms with Crippen molar-refractivity contribution in [3.8, 4) is 11.8 Å². The monoisotopic (exact) mass is 193 g/mol. The Labute approximate surface area is 84.2 Å². The highest BCUT2D eigenvalue weighted by molar-refractivity contribution is 7.10. The number of hydrogen-bond acceptors (Lipinski definition) is 2. The Morgan fingerprint density at radius 3 is 3.00 bits per heavy atom. The minimum Gasteiger partial charge on any atom is -0.236 e. The Morgan fingerprint density at radius 2 is 2.31 bits per heavy atom. The normalized spacial score (nSPS) is 9.31. The second-order valence-electron chi connectivity index (χ2n) is 2.95. The van der Waals surface area contributed by atoms with Crippen molar-refractivity contribution in [2.45, 2.75) is 39.0 Å². The topological polar surface area (TPSA) is 12.9 Å². The van der Waals surface area contributed by atoms with Crippen LogP contribution in [0.3, 0.4) is 0 Å². The van der Waals surface area contributed by atoms with Gasteiger partial charge in [-0.15, -0.1) is 11.3 Å². The maximum Gasteiger partial charge on any atom is 0.166 e. The van der Waals surface area contributed by atoms with E-state index in [9.17, 15) is 0 Å². The van der Waals surface area contributed by atoms with Gasteiger partial charge >= 0.3 is 0 Å². The molecule has 1 aromatic heterocycles. The Kier molecular flexibility index (Phi) is 5.28. The fourth-order valence-corrected chi connectivity index (χ4v) is 1.57. The minimum absolute atomic E-state index is 0.940. The van der Waals surface area contributed by atoms with E-state index in [4.69, 9.17) is 0 Å². The van der Waals surface area contributed by atoms with Crippen LogP contribution >= 0.6 is 11.3 Å². The van der Waals surface area contributed by atoms with Crippen molar-refractivity contribution >= 4 is 11.3 Å². The molecule has 2 heteroatoms. The SMILES string of the molecule is CCCCCCC#Cc1nccs1. The molecule has 1 nitrogen and oxygen atoms in total. The number of rotatable bonds is 4. The first-order valence-electron chi connectivity index (χ1n) is 4.82. The molecule has 13 heavy (non-hydrogen) atoms. The molecule has 0 aliphatic heterocycles. The zero-order valence-electron chi connectivity index (χ0n) is 8.05. The molecule has 0 fully saturated rings. The summed E-state index contributed by atoms with van der Waals surface area (Å²) >= 11 is 1.61. The molecule has 1 heterocycles. The first kappa shape index (κ1) is 10.3. The van der Waals surface area contributed by atoms with E-state index in [2.05, 4.69) is 23.7 Å². The third-order valence-electron chi connectivity index (χ3n) is 1.78. The van der Waals surface area contributed by atoms with Crippen LogP contribution in [0, 0.1) is 11.8 Å². The van der Waals surface area contributed by atoms with E-state index in [-0.39, 0.29) is 0 Å². The van der Waals surface area contributed by atoms with Crippen molar-refractivity contribution < 1.29 is 0 Å². The van der Waals surface area contributed by atoms with Gasteiger partial charge in [0.15, 0.2) is 5.01 Å². The van der Waals surface area contributed by atoms with E-state index in [0.29, 0.717) is 0 Å². The van der Waals surface area contributed by atoms with E-state index in [1.165, 1.54) is 25.7 Å². The molecule has 0 atom stereocenters. The van der Waals surface area contributed by atoms with Crippen LogP contribution in [-0.2, 0) is 0 Å². The fraction of sp³-hybridized carbons (Fsp3) is 0.545. The van der Waals surface area contributed by atoms with Crippen LogP contribution in [0.1, 0.15) is 44.0 Å². The predicted molar refractivity (Wildman–Crippen MR) is 57.8 cm³/mol. The molecule has 1 aromatic rings. The van der Waals surface area contributed by atoms with E-state index < -0.39 is 0 Å². The summed E-state index contributed by atoms with van der Waals surface area (Å²) in [5.41, 5.74) is 0. The predicted octanol–water partition coefficient (Wildman–Crippen LogP) is 3.47. The zero-order chi connectivity index (χ0) is 9.36. The lowest BCUT2D eigenvalue weighted by molar-refractivity contribution is 0.679. The quantitative estimate of drug-likeness (QED) is 0.527. The van der Waals surface area contributed by atoms with Crippen LogP contribution in [-0.4, -0.2) is 4.98 Å². The minimum atomic E-state index is 0.940. The third kappa shape index (κ3) is 4.69. The number of nitrogens with zero attached hydrogens (tertiary/aromatic N) is 1. The van der Waals surface area contributed by atoms with Crippen LogP contribution in [0.25, 0.3) is 0 Å². The highest BCUT2D eigenvalue weighted by Gasteiger charge is 1.86. The van der Waals surface area contributed by atoms with E-state index >= 15 is 0 Å². The molecule has 0 amide bonds. The zero-order valence-corrected chi connectivity index (χ0v) is 8.86. The molecule has 0 saturated heterocycles. The van der Waals surface area contributed by atoms with Gasteiger partial charge in [-0.2, -0.15) is 0 Å². The number of unbranched alkanes of at least 4 members (excludes halogenated alkanes) is 4. The summed E-state index contributed by atoms with van der Waals surface area (Å²) in [7, 11) is 0. The van der Waals surface area contributed by atoms with Gasteiger partial charge in [-0.05, 0) is 12.3 Å². The van der Waals surface area contributed by atoms with Crippen molar-refractivity contribution in [3.05, 3.63) is 16.6 Å². The highest BCUT2D eigenvalue weighted by Crippen LogP contribution is 2.03. The van der Waals surface area contributed by atoms with Gasteiger partial charge in [0.05, 0.1) is 0 Å². The molecular formula is C11H15NS. The number of thiazole rings is 1. The van der Waals surface area contributed by atoms with Gasteiger partial charge in [0.2, 0.25) is 0 Å². The third-order valence-corrected chi connectivity index (χ3v) is 2.47. The summed E-state index contributed by atoms with van der Waals surface area (Å²) in [5, 5.41) is 2.90. The van der Waals surface area contributed by atoms with Crippen molar-refractivity contribution in [2.75, 3.05) is 0 Å². The Morgan fingerprint density at radius 1 is 1.38 bits per heavy atom. The molecule has 0 aliphatic rings. The molecule has 0 aliphatic carbocycles. The second-order valence-corrected chi connectivity index (χ2v) is 3.84. The second kappa shape index (κ2) is 6.68. The fourth-order valence-electron chi connectivity index (χ4n) is 1.06. The summed E-state index contributed by atoms with van der Waals surface area (Å²) in [4.78, 5) is 4.10. The van der Waals surface area contributed by atoms with Crippen molar-refractivity contribution in [1.29, 1.82) is 0 Å². The maximum atomic E-state index is 4.10.